The average molecular weight is 1270 g/mol. The van der Waals surface area contributed by atoms with Gasteiger partial charge < -0.3 is 18.9 Å². The zero-order valence-electron chi connectivity index (χ0n) is 59.6. The Morgan fingerprint density at radius 1 is 0.191 bits per heavy atom. The Morgan fingerprint density at radius 3 is 0.670 bits per heavy atom. The number of benzene rings is 4. The van der Waals surface area contributed by atoms with Crippen LogP contribution < -0.4 is 18.9 Å². The van der Waals surface area contributed by atoms with Gasteiger partial charge in [0.15, 0.2) is 0 Å². The fourth-order valence-corrected chi connectivity index (χ4v) is 10.4. The van der Waals surface area contributed by atoms with Gasteiger partial charge >= 0.3 is 0 Å². The summed E-state index contributed by atoms with van der Waals surface area (Å²) in [5.74, 6) is 3.90. The number of ether oxygens (including phenoxy) is 4. The Morgan fingerprint density at radius 2 is 0.426 bits per heavy atom. The Labute approximate surface area is 571 Å². The molecule has 0 aliphatic carbocycles. The molecule has 508 valence electrons. The largest absolute Gasteiger partial charge is 0.494 e. The minimum atomic E-state index is 0.785. The zero-order valence-corrected chi connectivity index (χ0v) is 59.6. The number of nitrogens with zero attached hydrogens (tertiary/aromatic N) is 4. The molecule has 8 aromatic rings. The van der Waals surface area contributed by atoms with Crippen LogP contribution in [0.5, 0.6) is 23.0 Å². The maximum Gasteiger partial charge on any atom is 0.119 e. The van der Waals surface area contributed by atoms with E-state index in [0.717, 1.165) is 152 Å². The molecule has 0 spiro atoms. The van der Waals surface area contributed by atoms with Crippen LogP contribution in [0.3, 0.4) is 0 Å². The summed E-state index contributed by atoms with van der Waals surface area (Å²) in [5.41, 5.74) is 15.5. The smallest absolute Gasteiger partial charge is 0.119 e. The van der Waals surface area contributed by atoms with Crippen LogP contribution in [-0.2, 0) is 77.0 Å². The average Bonchev–Trinajstić information content (AvgIpc) is 2.62. The SMILES string of the molecule is CCCCCCOc1ccc(CCc2ccc(CCCC)cn2)cc1.CCCCCOc1ccc(CCc2ccc(CCCC)cn2)cc1.CCCCOc1ccc(CCc2ccc(CCCC)cn2)cc1.CCCCc1ccc(CCc2ccc(OCCC)cc2)nc1. The van der Waals surface area contributed by atoms with Crippen molar-refractivity contribution < 1.29 is 18.9 Å². The molecule has 0 aliphatic heterocycles. The first-order valence-corrected chi connectivity index (χ1v) is 36.9. The van der Waals surface area contributed by atoms with E-state index in [1.54, 1.807) is 0 Å². The highest BCUT2D eigenvalue weighted by atomic mass is 16.5. The lowest BCUT2D eigenvalue weighted by atomic mass is 10.1. The summed E-state index contributed by atoms with van der Waals surface area (Å²) in [6.45, 7) is 20.9. The Kier molecular flexibility index (Phi) is 41.3. The van der Waals surface area contributed by atoms with E-state index in [9.17, 15) is 0 Å². The topological polar surface area (TPSA) is 88.5 Å². The van der Waals surface area contributed by atoms with Gasteiger partial charge in [-0.3, -0.25) is 19.9 Å². The van der Waals surface area contributed by atoms with E-state index in [1.807, 2.05) is 24.8 Å². The van der Waals surface area contributed by atoms with Gasteiger partial charge in [0, 0.05) is 47.6 Å². The minimum Gasteiger partial charge on any atom is -0.494 e. The predicted molar refractivity (Wildman–Crippen MR) is 398 cm³/mol. The van der Waals surface area contributed by atoms with Crippen LogP contribution in [0.1, 0.15) is 238 Å². The standard InChI is InChI=1S/C23H33NO.C22H31NO.C21H29NO.C20H27NO/c1-3-5-7-8-18-25-23-16-12-20(13-17-23)10-14-22-15-11-21(19-24-22)9-6-4-2;1-3-5-7-17-24-22-15-11-19(12-16-22)9-13-21-14-10-20(18-23-21)8-6-4-2;1-3-5-7-19-9-13-20(22-17-19)12-8-18-10-14-21(15-11-18)23-16-6-4-2;1-3-5-6-18-8-12-19(21-16-18)11-7-17-9-13-20(14-10-17)22-15-4-2/h11-13,15-17,19H,3-10,14,18H2,1-2H3;10-12,14-16,18H,3-9,13,17H2,1-2H3;9-11,13-15,17H,3-8,12,16H2,1-2H3;8-10,12-14,16H,3-7,11,15H2,1-2H3. The highest BCUT2D eigenvalue weighted by Gasteiger charge is 2.06. The summed E-state index contributed by atoms with van der Waals surface area (Å²) in [4.78, 5) is 18.4. The molecular formula is C86H120N4O4. The van der Waals surface area contributed by atoms with Crippen LogP contribution in [-0.4, -0.2) is 46.4 Å². The zero-order chi connectivity index (χ0) is 66.7. The van der Waals surface area contributed by atoms with E-state index in [1.165, 1.54) is 157 Å². The number of rotatable bonds is 42. The summed E-state index contributed by atoms with van der Waals surface area (Å²) in [6.07, 6.45) is 42.6. The van der Waals surface area contributed by atoms with Gasteiger partial charge in [-0.2, -0.15) is 0 Å². The van der Waals surface area contributed by atoms with E-state index in [4.69, 9.17) is 18.9 Å². The van der Waals surface area contributed by atoms with Crippen molar-refractivity contribution in [2.75, 3.05) is 26.4 Å². The molecule has 4 heterocycles. The van der Waals surface area contributed by atoms with Gasteiger partial charge in [-0.1, -0.05) is 192 Å². The van der Waals surface area contributed by atoms with Gasteiger partial charge in [-0.15, -0.1) is 0 Å². The summed E-state index contributed by atoms with van der Waals surface area (Å²) >= 11 is 0. The molecule has 0 unspecified atom stereocenters. The third-order valence-corrected chi connectivity index (χ3v) is 16.7. The molecule has 0 saturated heterocycles. The van der Waals surface area contributed by atoms with Crippen LogP contribution in [0.2, 0.25) is 0 Å². The second-order valence-electron chi connectivity index (χ2n) is 25.1. The molecule has 0 bridgehead atoms. The van der Waals surface area contributed by atoms with Gasteiger partial charge in [0.1, 0.15) is 23.0 Å². The van der Waals surface area contributed by atoms with Crippen LogP contribution >= 0.6 is 0 Å². The molecule has 8 rings (SSSR count). The molecule has 0 N–H and O–H groups in total. The van der Waals surface area contributed by atoms with E-state index in [-0.39, 0.29) is 0 Å². The van der Waals surface area contributed by atoms with Crippen LogP contribution in [0.15, 0.2) is 170 Å². The third kappa shape index (κ3) is 34.7. The maximum absolute atomic E-state index is 5.80. The molecule has 0 radical (unpaired) electrons. The highest BCUT2D eigenvalue weighted by molar-refractivity contribution is 5.31. The van der Waals surface area contributed by atoms with E-state index >= 15 is 0 Å². The van der Waals surface area contributed by atoms with Gasteiger partial charge in [0.25, 0.3) is 0 Å². The van der Waals surface area contributed by atoms with Crippen molar-refractivity contribution in [3.05, 3.63) is 238 Å². The molecule has 8 nitrogen and oxygen atoms in total. The molecule has 94 heavy (non-hydrogen) atoms. The number of unbranched alkanes of at least 4 members (excludes halogenated alkanes) is 10. The number of pyridine rings is 4. The second kappa shape index (κ2) is 50.2. The molecule has 0 amide bonds. The molecule has 0 aliphatic rings. The Hall–Kier alpha value is -7.32. The Balaban J connectivity index is 0.000000227. The van der Waals surface area contributed by atoms with Crippen LogP contribution in [0.4, 0.5) is 0 Å². The maximum atomic E-state index is 5.80. The summed E-state index contributed by atoms with van der Waals surface area (Å²) in [5, 5.41) is 0. The first-order chi connectivity index (χ1) is 46.3. The van der Waals surface area contributed by atoms with Crippen LogP contribution in [0, 0.1) is 0 Å². The lowest BCUT2D eigenvalue weighted by Crippen LogP contribution is -1.98. The lowest BCUT2D eigenvalue weighted by Gasteiger charge is -2.07. The van der Waals surface area contributed by atoms with Crippen molar-refractivity contribution in [3.63, 3.8) is 0 Å². The molecule has 0 fully saturated rings. The number of hydrogen-bond acceptors (Lipinski definition) is 8. The normalized spacial score (nSPS) is 10.7. The summed E-state index contributed by atoms with van der Waals surface area (Å²) in [6, 6.07) is 51.6. The Bertz CT molecular complexity index is 3010. The molecule has 0 atom stereocenters. The van der Waals surface area contributed by atoms with E-state index in [0.29, 0.717) is 0 Å². The molecule has 4 aromatic carbocycles. The highest BCUT2D eigenvalue weighted by Crippen LogP contribution is 2.20. The van der Waals surface area contributed by atoms with Crippen molar-refractivity contribution in [1.82, 2.24) is 19.9 Å². The quantitative estimate of drug-likeness (QED) is 0.0350. The van der Waals surface area contributed by atoms with Crippen LogP contribution in [0.25, 0.3) is 0 Å². The first kappa shape index (κ1) is 77.4. The fourth-order valence-electron chi connectivity index (χ4n) is 10.4. The van der Waals surface area contributed by atoms with Gasteiger partial charge in [0.2, 0.25) is 0 Å². The van der Waals surface area contributed by atoms with Gasteiger partial charge in [-0.05, 0) is 246 Å². The van der Waals surface area contributed by atoms with Crippen molar-refractivity contribution in [1.29, 1.82) is 0 Å². The second-order valence-corrected chi connectivity index (χ2v) is 25.1. The molecule has 0 saturated carbocycles. The number of aryl methyl sites for hydroxylation is 12. The number of hydrogen-bond donors (Lipinski definition) is 0. The van der Waals surface area contributed by atoms with Crippen molar-refractivity contribution in [2.45, 2.75) is 248 Å². The van der Waals surface area contributed by atoms with Crippen molar-refractivity contribution in [3.8, 4) is 23.0 Å². The molecule has 8 heteroatoms. The van der Waals surface area contributed by atoms with E-state index in [2.05, 4.69) is 221 Å². The predicted octanol–water partition coefficient (Wildman–Crippen LogP) is 22.3. The summed E-state index contributed by atoms with van der Waals surface area (Å²) < 4.78 is 22.9. The number of aromatic nitrogens is 4. The van der Waals surface area contributed by atoms with Crippen molar-refractivity contribution >= 4 is 0 Å². The van der Waals surface area contributed by atoms with Crippen molar-refractivity contribution in [2.24, 2.45) is 0 Å². The fraction of sp³-hybridized carbons (Fsp3) is 0.488. The lowest BCUT2D eigenvalue weighted by molar-refractivity contribution is 0.305. The third-order valence-electron chi connectivity index (χ3n) is 16.7. The van der Waals surface area contributed by atoms with Gasteiger partial charge in [0.05, 0.1) is 26.4 Å². The summed E-state index contributed by atoms with van der Waals surface area (Å²) in [7, 11) is 0. The van der Waals surface area contributed by atoms with Gasteiger partial charge in [-0.25, -0.2) is 0 Å². The minimum absolute atomic E-state index is 0.785. The molecule has 4 aromatic heterocycles. The first-order valence-electron chi connectivity index (χ1n) is 36.9. The monoisotopic (exact) mass is 1270 g/mol. The molecular weight excluding hydrogens is 1150 g/mol. The van der Waals surface area contributed by atoms with E-state index < -0.39 is 0 Å².